The zero-order valence-corrected chi connectivity index (χ0v) is 21.3. The van der Waals surface area contributed by atoms with Gasteiger partial charge in [0, 0.05) is 12.3 Å². The highest BCUT2D eigenvalue weighted by molar-refractivity contribution is 5.93. The van der Waals surface area contributed by atoms with Gasteiger partial charge in [0.15, 0.2) is 17.3 Å². The highest BCUT2D eigenvalue weighted by Gasteiger charge is 2.62. The number of allylic oxidation sites excluding steroid dienone is 4. The maximum Gasteiger partial charge on any atom is 0.231 e. The lowest BCUT2D eigenvalue weighted by molar-refractivity contribution is -0.121. The SMILES string of the molecule is CC.CCC[C@]1(C)CCC2C3CCC4=CC(=O)CCC4=C3C(c3ccc4c(c3)OCO4)C[C@@]21O. The molecule has 0 radical (unpaired) electrons. The fraction of sp³-hybridized carbons (Fsp3) is 0.633. The van der Waals surface area contributed by atoms with Gasteiger partial charge < -0.3 is 14.6 Å². The zero-order chi connectivity index (χ0) is 24.1. The number of ketones is 1. The molecule has 1 heterocycles. The lowest BCUT2D eigenvalue weighted by Crippen LogP contribution is -2.54. The standard InChI is InChI=1S/C28H34O4.C2H6/c1-3-11-27(2)12-10-23-21-7-4-17-13-19(29)6-8-20(17)26(21)22(15-28(23,27)30)18-5-9-24-25(14-18)32-16-31-24;1-2/h5,9,13-14,21-23,30H,3-4,6-8,10-12,15-16H2,1-2H3;1-2H3/t21?,22?,23?,27-,28-;/m1./s1. The van der Waals surface area contributed by atoms with E-state index in [1.807, 2.05) is 26.0 Å². The third-order valence-electron chi connectivity index (χ3n) is 9.46. The van der Waals surface area contributed by atoms with Gasteiger partial charge in [0.05, 0.1) is 5.60 Å². The molecule has 2 fully saturated rings. The molecule has 4 heteroatoms. The Kier molecular flexibility index (Phi) is 6.16. The molecule has 4 nitrogen and oxygen atoms in total. The minimum absolute atomic E-state index is 0.0319. The van der Waals surface area contributed by atoms with E-state index in [0.29, 0.717) is 18.3 Å². The molecule has 5 atom stereocenters. The molecule has 4 aliphatic carbocycles. The van der Waals surface area contributed by atoms with Gasteiger partial charge in [0.1, 0.15) is 0 Å². The second-order valence-corrected chi connectivity index (χ2v) is 11.0. The topological polar surface area (TPSA) is 55.8 Å². The van der Waals surface area contributed by atoms with Crippen LogP contribution in [0.2, 0.25) is 0 Å². The summed E-state index contributed by atoms with van der Waals surface area (Å²) in [6.07, 6.45) is 10.6. The van der Waals surface area contributed by atoms with E-state index in [0.717, 1.165) is 62.9 Å². The van der Waals surface area contributed by atoms with Crippen LogP contribution in [0.3, 0.4) is 0 Å². The first-order valence-corrected chi connectivity index (χ1v) is 13.5. The zero-order valence-electron chi connectivity index (χ0n) is 21.3. The van der Waals surface area contributed by atoms with Crippen LogP contribution >= 0.6 is 0 Å². The molecular formula is C30H40O4. The van der Waals surface area contributed by atoms with Crippen molar-refractivity contribution in [1.29, 1.82) is 0 Å². The molecule has 184 valence electrons. The molecule has 2 saturated carbocycles. The number of carbonyl (C=O) groups is 1. The summed E-state index contributed by atoms with van der Waals surface area (Å²) < 4.78 is 11.3. The van der Waals surface area contributed by atoms with Crippen molar-refractivity contribution in [1.82, 2.24) is 0 Å². The molecule has 3 unspecified atom stereocenters. The average Bonchev–Trinajstić information content (AvgIpc) is 3.41. The fourth-order valence-electron chi connectivity index (χ4n) is 7.94. The maximum absolute atomic E-state index is 12.4. The number of benzene rings is 1. The third kappa shape index (κ3) is 3.47. The lowest BCUT2D eigenvalue weighted by Gasteiger charge is -2.54. The van der Waals surface area contributed by atoms with Gasteiger partial charge >= 0.3 is 0 Å². The Bertz CT molecular complexity index is 1040. The highest BCUT2D eigenvalue weighted by atomic mass is 16.7. The number of rotatable bonds is 3. The number of hydrogen-bond donors (Lipinski definition) is 1. The smallest absolute Gasteiger partial charge is 0.231 e. The molecule has 1 N–H and O–H groups in total. The van der Waals surface area contributed by atoms with E-state index in [1.54, 1.807) is 0 Å². The van der Waals surface area contributed by atoms with Gasteiger partial charge in [-0.05, 0) is 97.1 Å². The Morgan fingerprint density at radius 2 is 1.88 bits per heavy atom. The van der Waals surface area contributed by atoms with Crippen LogP contribution in [-0.4, -0.2) is 23.3 Å². The normalized spacial score (nSPS) is 35.6. The second-order valence-electron chi connectivity index (χ2n) is 11.0. The van der Waals surface area contributed by atoms with Gasteiger partial charge in [-0.2, -0.15) is 0 Å². The van der Waals surface area contributed by atoms with Crippen molar-refractivity contribution in [2.24, 2.45) is 17.3 Å². The monoisotopic (exact) mass is 464 g/mol. The molecule has 6 rings (SSSR count). The summed E-state index contributed by atoms with van der Waals surface area (Å²) in [5.41, 5.74) is 4.75. The second kappa shape index (κ2) is 8.86. The van der Waals surface area contributed by atoms with Crippen LogP contribution in [0.4, 0.5) is 0 Å². The van der Waals surface area contributed by atoms with E-state index >= 15 is 0 Å². The average molecular weight is 465 g/mol. The van der Waals surface area contributed by atoms with E-state index < -0.39 is 5.60 Å². The minimum Gasteiger partial charge on any atom is -0.454 e. The van der Waals surface area contributed by atoms with Crippen LogP contribution in [0.5, 0.6) is 11.5 Å². The van der Waals surface area contributed by atoms with Crippen LogP contribution in [-0.2, 0) is 4.79 Å². The van der Waals surface area contributed by atoms with E-state index in [9.17, 15) is 9.90 Å². The fourth-order valence-corrected chi connectivity index (χ4v) is 7.94. The van der Waals surface area contributed by atoms with Crippen LogP contribution in [0.1, 0.15) is 97.0 Å². The summed E-state index contributed by atoms with van der Waals surface area (Å²) in [6, 6.07) is 6.34. The molecule has 5 aliphatic rings. The quantitative estimate of drug-likeness (QED) is 0.530. The molecule has 0 saturated heterocycles. The number of aliphatic hydroxyl groups is 1. The van der Waals surface area contributed by atoms with Crippen molar-refractivity contribution in [3.63, 3.8) is 0 Å². The highest BCUT2D eigenvalue weighted by Crippen LogP contribution is 2.66. The van der Waals surface area contributed by atoms with Crippen molar-refractivity contribution in [2.45, 2.75) is 97.0 Å². The van der Waals surface area contributed by atoms with Crippen molar-refractivity contribution in [3.05, 3.63) is 46.6 Å². The summed E-state index contributed by atoms with van der Waals surface area (Å²) in [4.78, 5) is 12.2. The Morgan fingerprint density at radius 1 is 1.09 bits per heavy atom. The van der Waals surface area contributed by atoms with Crippen LogP contribution in [0.25, 0.3) is 0 Å². The van der Waals surface area contributed by atoms with Gasteiger partial charge in [-0.25, -0.2) is 0 Å². The van der Waals surface area contributed by atoms with Crippen LogP contribution in [0, 0.1) is 17.3 Å². The summed E-state index contributed by atoms with van der Waals surface area (Å²) >= 11 is 0. The molecule has 1 aliphatic heterocycles. The van der Waals surface area contributed by atoms with Gasteiger partial charge in [-0.3, -0.25) is 4.79 Å². The Labute approximate surface area is 204 Å². The van der Waals surface area contributed by atoms with Crippen molar-refractivity contribution >= 4 is 5.78 Å². The van der Waals surface area contributed by atoms with E-state index in [1.165, 1.54) is 22.3 Å². The van der Waals surface area contributed by atoms with Gasteiger partial charge in [-0.15, -0.1) is 0 Å². The maximum atomic E-state index is 12.4. The molecule has 0 amide bonds. The first-order chi connectivity index (χ1) is 16.4. The third-order valence-corrected chi connectivity index (χ3v) is 9.46. The first kappa shape index (κ1) is 23.7. The van der Waals surface area contributed by atoms with Gasteiger partial charge in [-0.1, -0.05) is 45.8 Å². The van der Waals surface area contributed by atoms with Gasteiger partial charge in [0.25, 0.3) is 0 Å². The Hall–Kier alpha value is -2.07. The number of carbonyl (C=O) groups excluding carboxylic acids is 1. The van der Waals surface area contributed by atoms with Crippen LogP contribution in [0.15, 0.2) is 41.0 Å². The van der Waals surface area contributed by atoms with Gasteiger partial charge in [0.2, 0.25) is 6.79 Å². The van der Waals surface area contributed by atoms with E-state index in [2.05, 4.69) is 26.0 Å². The molecule has 0 spiro atoms. The van der Waals surface area contributed by atoms with Crippen LogP contribution < -0.4 is 9.47 Å². The Balaban J connectivity index is 0.00000117. The molecule has 1 aromatic carbocycles. The van der Waals surface area contributed by atoms with Crippen molar-refractivity contribution < 1.29 is 19.4 Å². The number of ether oxygens (including phenoxy) is 2. The lowest BCUT2D eigenvalue weighted by atomic mass is 9.53. The van der Waals surface area contributed by atoms with Crippen molar-refractivity contribution in [3.8, 4) is 11.5 Å². The number of hydrogen-bond acceptors (Lipinski definition) is 4. The molecule has 1 aromatic rings. The largest absolute Gasteiger partial charge is 0.454 e. The van der Waals surface area contributed by atoms with E-state index in [4.69, 9.17) is 9.47 Å². The Morgan fingerprint density at radius 3 is 2.68 bits per heavy atom. The minimum atomic E-state index is -0.648. The summed E-state index contributed by atoms with van der Waals surface area (Å²) in [6.45, 7) is 8.85. The summed E-state index contributed by atoms with van der Waals surface area (Å²) in [7, 11) is 0. The summed E-state index contributed by atoms with van der Waals surface area (Å²) in [5, 5.41) is 12.4. The first-order valence-electron chi connectivity index (χ1n) is 13.5. The number of fused-ring (bicyclic) bond motifs is 5. The summed E-state index contributed by atoms with van der Waals surface area (Å²) in [5.74, 6) is 2.78. The molecular weight excluding hydrogens is 424 g/mol. The molecule has 34 heavy (non-hydrogen) atoms. The van der Waals surface area contributed by atoms with E-state index in [-0.39, 0.29) is 23.9 Å². The predicted molar refractivity (Wildman–Crippen MR) is 134 cm³/mol. The molecule has 0 bridgehead atoms. The molecule has 0 aromatic heterocycles. The van der Waals surface area contributed by atoms with Crippen molar-refractivity contribution in [2.75, 3.05) is 6.79 Å². The predicted octanol–water partition coefficient (Wildman–Crippen LogP) is 6.87.